The first kappa shape index (κ1) is 30.4. The molecular weight excluding hydrogens is 596 g/mol. The smallest absolute Gasteiger partial charge is 0.416 e. The van der Waals surface area contributed by atoms with Crippen molar-refractivity contribution in [3.63, 3.8) is 0 Å². The number of fused-ring (bicyclic) bond motifs is 1. The number of thioether (sulfide) groups is 1. The van der Waals surface area contributed by atoms with Crippen LogP contribution in [0.25, 0.3) is 0 Å². The van der Waals surface area contributed by atoms with Gasteiger partial charge in [-0.2, -0.15) is 26.3 Å². The number of β-lactam (4-membered cyclic amide) rings is 1. The minimum atomic E-state index is -5.14. The number of carbonyl (C=O) groups is 3. The quantitative estimate of drug-likeness (QED) is 0.0958. The van der Waals surface area contributed by atoms with E-state index in [1.807, 2.05) is 12.1 Å². The van der Waals surface area contributed by atoms with E-state index in [0.717, 1.165) is 17.8 Å². The summed E-state index contributed by atoms with van der Waals surface area (Å²) in [6, 6.07) is 17.4. The molecule has 0 saturated carbocycles. The summed E-state index contributed by atoms with van der Waals surface area (Å²) in [5.41, 5.74) is -2.89. The van der Waals surface area contributed by atoms with Crippen LogP contribution in [0.2, 0.25) is 0 Å². The molecule has 5 rings (SSSR count). The van der Waals surface area contributed by atoms with E-state index in [1.54, 1.807) is 62.4 Å². The lowest BCUT2D eigenvalue weighted by atomic mass is 9.93. The van der Waals surface area contributed by atoms with Gasteiger partial charge in [-0.3, -0.25) is 9.59 Å². The van der Waals surface area contributed by atoms with Crippen LogP contribution < -0.4 is 0 Å². The summed E-state index contributed by atoms with van der Waals surface area (Å²) < 4.78 is 84.8. The molecule has 43 heavy (non-hydrogen) atoms. The molecule has 0 spiro atoms. The Balaban J connectivity index is 1.42. The fourth-order valence-corrected chi connectivity index (χ4v) is 6.66. The lowest BCUT2D eigenvalue weighted by Gasteiger charge is -2.39. The molecule has 2 aliphatic heterocycles. The van der Waals surface area contributed by atoms with E-state index in [4.69, 9.17) is 4.74 Å². The molecule has 5 nitrogen and oxygen atoms in total. The highest BCUT2D eigenvalue weighted by Crippen LogP contribution is 2.53. The molecule has 3 aromatic rings. The van der Waals surface area contributed by atoms with Gasteiger partial charge in [-0.25, -0.2) is 4.79 Å². The second kappa shape index (κ2) is 10.9. The fraction of sp³-hybridized carbons (Fsp3) is 0.258. The Morgan fingerprint density at radius 1 is 0.860 bits per heavy atom. The Morgan fingerprint density at radius 2 is 1.35 bits per heavy atom. The number of hydrogen-bond donors (Lipinski definition) is 0. The van der Waals surface area contributed by atoms with Gasteiger partial charge in [-0.15, -0.1) is 11.8 Å². The van der Waals surface area contributed by atoms with E-state index >= 15 is 0 Å². The Labute approximate surface area is 246 Å². The molecule has 2 fully saturated rings. The zero-order valence-electron chi connectivity index (χ0n) is 22.6. The molecule has 1 amide bonds. The molecule has 3 aromatic carbocycles. The zero-order valence-corrected chi connectivity index (χ0v) is 23.4. The van der Waals surface area contributed by atoms with E-state index in [9.17, 15) is 40.7 Å². The van der Waals surface area contributed by atoms with Gasteiger partial charge in [-0.1, -0.05) is 60.7 Å². The average molecular weight is 620 g/mol. The van der Waals surface area contributed by atoms with E-state index in [-0.39, 0.29) is 11.6 Å². The van der Waals surface area contributed by atoms with Crippen molar-refractivity contribution in [1.29, 1.82) is 0 Å². The van der Waals surface area contributed by atoms with Gasteiger partial charge in [0.25, 0.3) is 5.91 Å². The average Bonchev–Trinajstić information content (AvgIpc) is 3.21. The van der Waals surface area contributed by atoms with Crippen LogP contribution in [0, 0.1) is 0 Å². The van der Waals surface area contributed by atoms with Crippen LogP contribution in [0.3, 0.4) is 0 Å². The highest BCUT2D eigenvalue weighted by atomic mass is 32.2. The van der Waals surface area contributed by atoms with Gasteiger partial charge >= 0.3 is 18.3 Å². The van der Waals surface area contributed by atoms with Crippen molar-refractivity contribution in [3.05, 3.63) is 118 Å². The molecule has 2 atom stereocenters. The third-order valence-corrected chi connectivity index (χ3v) is 8.71. The van der Waals surface area contributed by atoms with Crippen LogP contribution in [0.5, 0.6) is 0 Å². The maximum Gasteiger partial charge on any atom is 0.416 e. The number of ketones is 1. The summed E-state index contributed by atoms with van der Waals surface area (Å²) in [5.74, 6) is -2.64. The Bertz CT molecular complexity index is 1530. The molecule has 12 heteroatoms. The first-order valence-electron chi connectivity index (χ1n) is 12.9. The molecule has 224 valence electrons. The largest absolute Gasteiger partial charge is 0.451 e. The highest BCUT2D eigenvalue weighted by molar-refractivity contribution is 8.01. The fourth-order valence-electron chi connectivity index (χ4n) is 5.12. The van der Waals surface area contributed by atoms with Gasteiger partial charge in [0.1, 0.15) is 11.4 Å². The number of nitrogens with zero attached hydrogens (tertiary/aromatic N) is 1. The van der Waals surface area contributed by atoms with Crippen molar-refractivity contribution in [3.8, 4) is 0 Å². The minimum absolute atomic E-state index is 0.0795. The summed E-state index contributed by atoms with van der Waals surface area (Å²) in [5, 5.41) is -0.830. The van der Waals surface area contributed by atoms with Gasteiger partial charge in [0, 0.05) is 10.3 Å². The van der Waals surface area contributed by atoms with Crippen molar-refractivity contribution in [2.45, 2.75) is 48.5 Å². The van der Waals surface area contributed by atoms with Crippen molar-refractivity contribution in [2.24, 2.45) is 0 Å². The number of amides is 1. The third kappa shape index (κ3) is 5.93. The normalized spacial score (nSPS) is 20.6. The molecule has 2 aliphatic rings. The predicted octanol–water partition coefficient (Wildman–Crippen LogP) is 7.23. The van der Waals surface area contributed by atoms with E-state index in [1.165, 1.54) is 4.90 Å². The Kier molecular flexibility index (Phi) is 7.70. The van der Waals surface area contributed by atoms with Crippen molar-refractivity contribution in [2.75, 3.05) is 0 Å². The lowest BCUT2D eigenvalue weighted by Crippen LogP contribution is -2.59. The number of alkyl halides is 6. The molecule has 0 aliphatic carbocycles. The standard InChI is InChI=1S/C31H23F6NO4S/c1-29(2)25(28(41)42-24(17-9-5-3-6-10-17)18-11-7-4-8-12-18)38-26(40)22(27(38)43-29)16-23(39)19-13-20(30(32,33)34)15-21(14-19)31(35,36)37/h3-16,24-25,27H,1-2H3/b22-16-/t25-,27+/m0/s1. The number of rotatable bonds is 6. The van der Waals surface area contributed by atoms with Crippen LogP contribution in [0.4, 0.5) is 26.3 Å². The highest BCUT2D eigenvalue weighted by Gasteiger charge is 2.62. The number of ether oxygens (including phenoxy) is 1. The summed E-state index contributed by atoms with van der Waals surface area (Å²) in [6.07, 6.45) is -10.3. The van der Waals surface area contributed by atoms with Crippen LogP contribution in [0.1, 0.15) is 52.6 Å². The number of carbonyl (C=O) groups excluding carboxylic acids is 3. The maximum atomic E-state index is 13.6. The number of halogens is 6. The van der Waals surface area contributed by atoms with Crippen LogP contribution in [-0.2, 0) is 26.7 Å². The summed E-state index contributed by atoms with van der Waals surface area (Å²) in [6.45, 7) is 3.41. The van der Waals surface area contributed by atoms with Gasteiger partial charge in [-0.05, 0) is 49.2 Å². The summed E-state index contributed by atoms with van der Waals surface area (Å²) in [7, 11) is 0. The van der Waals surface area contributed by atoms with Crippen LogP contribution in [-0.4, -0.2) is 38.7 Å². The van der Waals surface area contributed by atoms with E-state index in [0.29, 0.717) is 23.3 Å². The van der Waals surface area contributed by atoms with Gasteiger partial charge < -0.3 is 9.64 Å². The van der Waals surface area contributed by atoms with Crippen molar-refractivity contribution in [1.82, 2.24) is 4.90 Å². The Hall–Kier alpha value is -4.06. The molecule has 0 radical (unpaired) electrons. The topological polar surface area (TPSA) is 63.7 Å². The molecule has 2 saturated heterocycles. The van der Waals surface area contributed by atoms with E-state index in [2.05, 4.69) is 0 Å². The number of allylic oxidation sites excluding steroid dienone is 1. The maximum absolute atomic E-state index is 13.6. The predicted molar refractivity (Wildman–Crippen MR) is 146 cm³/mol. The van der Waals surface area contributed by atoms with Crippen molar-refractivity contribution < 1.29 is 45.5 Å². The van der Waals surface area contributed by atoms with Crippen LogP contribution in [0.15, 0.2) is 90.5 Å². The molecule has 0 unspecified atom stereocenters. The lowest BCUT2D eigenvalue weighted by molar-refractivity contribution is -0.160. The first-order chi connectivity index (χ1) is 20.1. The molecule has 0 bridgehead atoms. The summed E-state index contributed by atoms with van der Waals surface area (Å²) >= 11 is 1.16. The molecule has 0 N–H and O–H groups in total. The number of esters is 1. The SMILES string of the molecule is CC1(C)S[C@@H]2/C(=C\C(=O)c3cc(C(F)(F)F)cc(C(F)(F)F)c3)C(=O)N2[C@H]1C(=O)OC(c1ccccc1)c1ccccc1. The monoisotopic (exact) mass is 619 g/mol. The summed E-state index contributed by atoms with van der Waals surface area (Å²) in [4.78, 5) is 41.0. The number of hydrogen-bond acceptors (Lipinski definition) is 5. The van der Waals surface area contributed by atoms with Gasteiger partial charge in [0.05, 0.1) is 16.7 Å². The van der Waals surface area contributed by atoms with Crippen LogP contribution >= 0.6 is 11.8 Å². The first-order valence-corrected chi connectivity index (χ1v) is 13.8. The van der Waals surface area contributed by atoms with Gasteiger partial charge in [0.15, 0.2) is 11.9 Å². The van der Waals surface area contributed by atoms with E-state index < -0.39 is 69.0 Å². The Morgan fingerprint density at radius 3 is 1.81 bits per heavy atom. The number of benzene rings is 3. The van der Waals surface area contributed by atoms with Gasteiger partial charge in [0.2, 0.25) is 0 Å². The molecular formula is C31H23F6NO4S. The third-order valence-electron chi connectivity index (χ3n) is 7.17. The second-order valence-electron chi connectivity index (χ2n) is 10.6. The molecule has 2 heterocycles. The zero-order chi connectivity index (χ0) is 31.3. The van der Waals surface area contributed by atoms with Crippen molar-refractivity contribution >= 4 is 29.4 Å². The molecule has 0 aromatic heterocycles. The second-order valence-corrected chi connectivity index (χ2v) is 12.3. The minimum Gasteiger partial charge on any atom is -0.451 e.